The van der Waals surface area contributed by atoms with Crippen LogP contribution in [0.3, 0.4) is 0 Å². The second kappa shape index (κ2) is 10.9. The number of benzene rings is 2. The van der Waals surface area contributed by atoms with Crippen molar-refractivity contribution in [3.63, 3.8) is 0 Å². The molecule has 1 saturated heterocycles. The first kappa shape index (κ1) is 24.8. The number of rotatable bonds is 9. The van der Waals surface area contributed by atoms with Gasteiger partial charge in [-0.1, -0.05) is 25.1 Å². The van der Waals surface area contributed by atoms with Crippen LogP contribution in [0.1, 0.15) is 36.1 Å². The van der Waals surface area contributed by atoms with E-state index in [9.17, 15) is 14.7 Å². The fraction of sp³-hybridized carbons (Fsp3) is 0.250. The Labute approximate surface area is 209 Å². The Morgan fingerprint density at radius 3 is 2.44 bits per heavy atom. The van der Waals surface area contributed by atoms with Crippen molar-refractivity contribution in [3.8, 4) is 17.2 Å². The summed E-state index contributed by atoms with van der Waals surface area (Å²) in [7, 11) is 3.00. The zero-order valence-corrected chi connectivity index (χ0v) is 20.4. The minimum atomic E-state index is -0.911. The smallest absolute Gasteiger partial charge is 0.295 e. The van der Waals surface area contributed by atoms with Crippen molar-refractivity contribution in [3.05, 3.63) is 89.3 Å². The number of hydrogen-bond acceptors (Lipinski definition) is 7. The van der Waals surface area contributed by atoms with Gasteiger partial charge in [-0.2, -0.15) is 0 Å². The van der Waals surface area contributed by atoms with Crippen molar-refractivity contribution in [2.75, 3.05) is 20.8 Å². The van der Waals surface area contributed by atoms with E-state index in [4.69, 9.17) is 14.2 Å². The lowest BCUT2D eigenvalue weighted by Crippen LogP contribution is -2.29. The molecule has 1 aliphatic rings. The highest BCUT2D eigenvalue weighted by molar-refractivity contribution is 6.46. The molecule has 0 aliphatic carbocycles. The molecule has 1 N–H and O–H groups in total. The summed E-state index contributed by atoms with van der Waals surface area (Å²) in [6.07, 6.45) is 4.13. The molecule has 0 radical (unpaired) electrons. The topological polar surface area (TPSA) is 98.2 Å². The normalized spacial score (nSPS) is 16.8. The number of pyridine rings is 1. The molecule has 8 heteroatoms. The summed E-state index contributed by atoms with van der Waals surface area (Å²) < 4.78 is 16.7. The number of para-hydroxylation sites is 1. The second-order valence-electron chi connectivity index (χ2n) is 8.24. The van der Waals surface area contributed by atoms with Crippen molar-refractivity contribution in [2.24, 2.45) is 0 Å². The average Bonchev–Trinajstić information content (AvgIpc) is 3.16. The van der Waals surface area contributed by atoms with Crippen LogP contribution in [-0.2, 0) is 16.1 Å². The van der Waals surface area contributed by atoms with E-state index < -0.39 is 17.7 Å². The molecule has 2 heterocycles. The van der Waals surface area contributed by atoms with Gasteiger partial charge in [0, 0.05) is 30.1 Å². The number of nitrogens with zero attached hydrogens (tertiary/aromatic N) is 2. The number of aromatic nitrogens is 1. The number of likely N-dealkylation sites (tertiary alicyclic amines) is 1. The van der Waals surface area contributed by atoms with E-state index >= 15 is 0 Å². The Morgan fingerprint density at radius 1 is 1.03 bits per heavy atom. The predicted molar refractivity (Wildman–Crippen MR) is 134 cm³/mol. The Bertz CT molecular complexity index is 1270. The first-order chi connectivity index (χ1) is 17.5. The molecule has 1 aromatic heterocycles. The van der Waals surface area contributed by atoms with Gasteiger partial charge in [-0.15, -0.1) is 0 Å². The molecule has 4 rings (SSSR count). The third kappa shape index (κ3) is 4.75. The molecule has 1 aliphatic heterocycles. The van der Waals surface area contributed by atoms with Gasteiger partial charge in [0.05, 0.1) is 32.4 Å². The van der Waals surface area contributed by atoms with Gasteiger partial charge in [-0.25, -0.2) is 0 Å². The number of hydrogen-bond donors (Lipinski definition) is 1. The minimum Gasteiger partial charge on any atom is -0.507 e. The predicted octanol–water partition coefficient (Wildman–Crippen LogP) is 4.51. The fourth-order valence-corrected chi connectivity index (χ4v) is 4.27. The van der Waals surface area contributed by atoms with Gasteiger partial charge in [0.1, 0.15) is 11.5 Å². The van der Waals surface area contributed by atoms with E-state index in [0.717, 1.165) is 12.0 Å². The van der Waals surface area contributed by atoms with Gasteiger partial charge >= 0.3 is 0 Å². The highest BCUT2D eigenvalue weighted by Gasteiger charge is 2.47. The quantitative estimate of drug-likeness (QED) is 0.269. The summed E-state index contributed by atoms with van der Waals surface area (Å²) >= 11 is 0. The van der Waals surface area contributed by atoms with Crippen LogP contribution in [0.5, 0.6) is 17.2 Å². The lowest BCUT2D eigenvalue weighted by atomic mass is 9.94. The minimum absolute atomic E-state index is 0.0299. The number of carbonyl (C=O) groups is 2. The van der Waals surface area contributed by atoms with E-state index in [0.29, 0.717) is 35.0 Å². The maximum absolute atomic E-state index is 13.3. The first-order valence-electron chi connectivity index (χ1n) is 11.6. The van der Waals surface area contributed by atoms with Crippen LogP contribution >= 0.6 is 0 Å². The van der Waals surface area contributed by atoms with Crippen molar-refractivity contribution < 1.29 is 28.9 Å². The summed E-state index contributed by atoms with van der Waals surface area (Å²) in [5, 5.41) is 11.3. The van der Waals surface area contributed by atoms with Crippen LogP contribution in [0.4, 0.5) is 0 Å². The number of methoxy groups -OCH3 is 2. The zero-order valence-electron chi connectivity index (χ0n) is 20.4. The number of ether oxygens (including phenoxy) is 3. The van der Waals surface area contributed by atoms with E-state index in [1.165, 1.54) is 19.1 Å². The van der Waals surface area contributed by atoms with Gasteiger partial charge < -0.3 is 24.2 Å². The maximum atomic E-state index is 13.3. The lowest BCUT2D eigenvalue weighted by molar-refractivity contribution is -0.140. The number of Topliss-reactive ketones (excluding diaryl/α,β-unsaturated/α-hetero) is 1. The van der Waals surface area contributed by atoms with Crippen molar-refractivity contribution in [1.29, 1.82) is 0 Å². The molecule has 3 aromatic rings. The van der Waals surface area contributed by atoms with E-state index in [1.807, 2.05) is 13.0 Å². The number of carbonyl (C=O) groups excluding carboxylic acids is 2. The Hall–Kier alpha value is -4.33. The van der Waals surface area contributed by atoms with Gasteiger partial charge in [-0.05, 0) is 48.4 Å². The molecule has 2 aromatic carbocycles. The molecule has 0 bridgehead atoms. The lowest BCUT2D eigenvalue weighted by Gasteiger charge is -2.27. The van der Waals surface area contributed by atoms with Crippen LogP contribution in [-0.4, -0.2) is 47.5 Å². The van der Waals surface area contributed by atoms with E-state index in [1.54, 1.807) is 60.9 Å². The van der Waals surface area contributed by atoms with Crippen LogP contribution < -0.4 is 14.2 Å². The summed E-state index contributed by atoms with van der Waals surface area (Å²) in [5.74, 6) is -0.317. The van der Waals surface area contributed by atoms with Crippen molar-refractivity contribution >= 4 is 17.4 Å². The largest absolute Gasteiger partial charge is 0.507 e. The van der Waals surface area contributed by atoms with Crippen LogP contribution in [0, 0.1) is 0 Å². The molecule has 0 saturated carbocycles. The fourth-order valence-electron chi connectivity index (χ4n) is 4.27. The van der Waals surface area contributed by atoms with Crippen LogP contribution in [0.15, 0.2) is 72.6 Å². The molecular weight excluding hydrogens is 460 g/mol. The second-order valence-corrected chi connectivity index (χ2v) is 8.24. The van der Waals surface area contributed by atoms with Gasteiger partial charge in [-0.3, -0.25) is 14.6 Å². The van der Waals surface area contributed by atoms with Crippen molar-refractivity contribution in [2.45, 2.75) is 25.9 Å². The van der Waals surface area contributed by atoms with Gasteiger partial charge in [0.15, 0.2) is 11.5 Å². The molecule has 186 valence electrons. The number of amides is 1. The molecule has 0 unspecified atom stereocenters. The molecule has 1 atom stereocenters. The molecular formula is C28H28N2O6. The Kier molecular flexibility index (Phi) is 7.53. The third-order valence-corrected chi connectivity index (χ3v) is 5.94. The van der Waals surface area contributed by atoms with Gasteiger partial charge in [0.25, 0.3) is 11.7 Å². The monoisotopic (exact) mass is 488 g/mol. The highest BCUT2D eigenvalue weighted by atomic mass is 16.5. The van der Waals surface area contributed by atoms with Crippen LogP contribution in [0.25, 0.3) is 5.76 Å². The van der Waals surface area contributed by atoms with Crippen LogP contribution in [0.2, 0.25) is 0 Å². The van der Waals surface area contributed by atoms with E-state index in [2.05, 4.69) is 4.98 Å². The standard InChI is InChI=1S/C28H28N2O6/c1-4-15-36-20-12-10-19(11-13-20)25(31)23-24(21-8-5-9-22(34-2)27(21)35-3)30(28(33)26(23)32)17-18-7-6-14-29-16-18/h5-14,16,24,31H,4,15,17H2,1-3H3/b25-23+/t24-/m0/s1. The number of ketones is 1. The molecule has 0 spiro atoms. The maximum Gasteiger partial charge on any atom is 0.295 e. The highest BCUT2D eigenvalue weighted by Crippen LogP contribution is 2.46. The molecule has 36 heavy (non-hydrogen) atoms. The third-order valence-electron chi connectivity index (χ3n) is 5.94. The van der Waals surface area contributed by atoms with Gasteiger partial charge in [0.2, 0.25) is 0 Å². The molecule has 1 amide bonds. The molecule has 1 fully saturated rings. The summed E-state index contributed by atoms with van der Waals surface area (Å²) in [4.78, 5) is 32.2. The van der Waals surface area contributed by atoms with Crippen molar-refractivity contribution in [1.82, 2.24) is 9.88 Å². The Morgan fingerprint density at radius 2 is 1.81 bits per heavy atom. The first-order valence-corrected chi connectivity index (χ1v) is 11.6. The number of aliphatic hydroxyl groups excluding tert-OH is 1. The molecule has 8 nitrogen and oxygen atoms in total. The van der Waals surface area contributed by atoms with E-state index in [-0.39, 0.29) is 17.9 Å². The summed E-state index contributed by atoms with van der Waals surface area (Å²) in [6.45, 7) is 2.70. The summed E-state index contributed by atoms with van der Waals surface area (Å²) in [6, 6.07) is 14.7. The summed E-state index contributed by atoms with van der Waals surface area (Å²) in [5.41, 5.74) is 1.62. The number of aliphatic hydroxyl groups is 1. The Balaban J connectivity index is 1.86. The average molecular weight is 489 g/mol. The SMILES string of the molecule is CCCOc1ccc(/C(O)=C2\C(=O)C(=O)N(Cc3cccnc3)[C@H]2c2cccc(OC)c2OC)cc1. The zero-order chi connectivity index (χ0) is 25.7.